The Morgan fingerprint density at radius 3 is 2.73 bits per heavy atom. The Bertz CT molecular complexity index is 1000. The number of benzene rings is 1. The molecule has 1 N–H and O–H groups in total. The van der Waals surface area contributed by atoms with Crippen LogP contribution in [-0.2, 0) is 6.54 Å². The SMILES string of the molecule is Cc1ccc(-c2ncc(C(=O)NCc3cccnc3)c(N3CCCC[C@@H]3C)n2)cc1. The van der Waals surface area contributed by atoms with Gasteiger partial charge in [0, 0.05) is 43.3 Å². The number of hydrogen-bond acceptors (Lipinski definition) is 5. The van der Waals surface area contributed by atoms with E-state index in [2.05, 4.69) is 46.2 Å². The molecule has 0 unspecified atom stereocenters. The average Bonchev–Trinajstić information content (AvgIpc) is 2.79. The van der Waals surface area contributed by atoms with Gasteiger partial charge in [-0.3, -0.25) is 9.78 Å². The molecule has 1 aliphatic heterocycles. The first-order chi connectivity index (χ1) is 14.6. The third kappa shape index (κ3) is 4.48. The molecule has 0 bridgehead atoms. The van der Waals surface area contributed by atoms with E-state index in [4.69, 9.17) is 4.98 Å². The Morgan fingerprint density at radius 1 is 1.17 bits per heavy atom. The van der Waals surface area contributed by atoms with Crippen molar-refractivity contribution in [2.75, 3.05) is 11.4 Å². The summed E-state index contributed by atoms with van der Waals surface area (Å²) in [6.07, 6.45) is 8.54. The van der Waals surface area contributed by atoms with Crippen LogP contribution in [0.4, 0.5) is 5.82 Å². The van der Waals surface area contributed by atoms with E-state index >= 15 is 0 Å². The summed E-state index contributed by atoms with van der Waals surface area (Å²) in [5, 5.41) is 2.99. The van der Waals surface area contributed by atoms with E-state index in [1.54, 1.807) is 18.6 Å². The second kappa shape index (κ2) is 9.03. The molecule has 1 aromatic carbocycles. The maximum atomic E-state index is 13.0. The summed E-state index contributed by atoms with van der Waals surface area (Å²) in [6.45, 7) is 5.57. The second-order valence-corrected chi connectivity index (χ2v) is 7.88. The van der Waals surface area contributed by atoms with Crippen molar-refractivity contribution in [3.05, 3.63) is 71.7 Å². The molecule has 4 rings (SSSR count). The van der Waals surface area contributed by atoms with E-state index in [0.717, 1.165) is 36.3 Å². The number of aromatic nitrogens is 3. The van der Waals surface area contributed by atoms with Gasteiger partial charge in [0.05, 0.1) is 0 Å². The quantitative estimate of drug-likeness (QED) is 0.695. The fourth-order valence-electron chi connectivity index (χ4n) is 3.79. The maximum Gasteiger partial charge on any atom is 0.256 e. The molecule has 1 aliphatic rings. The number of amides is 1. The highest BCUT2D eigenvalue weighted by Gasteiger charge is 2.26. The third-order valence-corrected chi connectivity index (χ3v) is 5.57. The van der Waals surface area contributed by atoms with Crippen LogP contribution in [0.3, 0.4) is 0 Å². The van der Waals surface area contributed by atoms with Crippen LogP contribution in [0, 0.1) is 6.92 Å². The zero-order valence-electron chi connectivity index (χ0n) is 17.5. The van der Waals surface area contributed by atoms with Crippen molar-refractivity contribution >= 4 is 11.7 Å². The molecule has 1 fully saturated rings. The summed E-state index contributed by atoms with van der Waals surface area (Å²) in [5.41, 5.74) is 3.61. The van der Waals surface area contributed by atoms with E-state index in [1.807, 2.05) is 24.3 Å². The monoisotopic (exact) mass is 401 g/mol. The molecular formula is C24H27N5O. The van der Waals surface area contributed by atoms with Gasteiger partial charge >= 0.3 is 0 Å². The first-order valence-corrected chi connectivity index (χ1v) is 10.5. The number of nitrogens with zero attached hydrogens (tertiary/aromatic N) is 4. The van der Waals surface area contributed by atoms with Gasteiger partial charge < -0.3 is 10.2 Å². The van der Waals surface area contributed by atoms with Crippen molar-refractivity contribution < 1.29 is 4.79 Å². The van der Waals surface area contributed by atoms with Crippen LogP contribution < -0.4 is 10.2 Å². The summed E-state index contributed by atoms with van der Waals surface area (Å²) in [6, 6.07) is 12.3. The Hall–Kier alpha value is -3.28. The molecule has 1 amide bonds. The Kier molecular flexibility index (Phi) is 6.02. The van der Waals surface area contributed by atoms with Crippen LogP contribution in [-0.4, -0.2) is 33.4 Å². The lowest BCUT2D eigenvalue weighted by Gasteiger charge is -2.35. The van der Waals surface area contributed by atoms with Crippen molar-refractivity contribution in [3.63, 3.8) is 0 Å². The summed E-state index contributed by atoms with van der Waals surface area (Å²) >= 11 is 0. The molecular weight excluding hydrogens is 374 g/mol. The van der Waals surface area contributed by atoms with Crippen molar-refractivity contribution in [3.8, 4) is 11.4 Å². The molecule has 30 heavy (non-hydrogen) atoms. The fraction of sp³-hybridized carbons (Fsp3) is 0.333. The van der Waals surface area contributed by atoms with Gasteiger partial charge in [0.15, 0.2) is 5.82 Å². The minimum atomic E-state index is -0.165. The molecule has 3 aromatic rings. The third-order valence-electron chi connectivity index (χ3n) is 5.57. The summed E-state index contributed by atoms with van der Waals surface area (Å²) < 4.78 is 0. The van der Waals surface area contributed by atoms with Crippen LogP contribution in [0.25, 0.3) is 11.4 Å². The Balaban J connectivity index is 1.65. The normalized spacial score (nSPS) is 16.3. The molecule has 0 saturated carbocycles. The molecule has 0 spiro atoms. The van der Waals surface area contributed by atoms with E-state index in [1.165, 1.54) is 12.0 Å². The van der Waals surface area contributed by atoms with Crippen molar-refractivity contribution in [1.82, 2.24) is 20.3 Å². The van der Waals surface area contributed by atoms with Gasteiger partial charge in [-0.25, -0.2) is 9.97 Å². The van der Waals surface area contributed by atoms with E-state index in [-0.39, 0.29) is 5.91 Å². The average molecular weight is 402 g/mol. The lowest BCUT2D eigenvalue weighted by molar-refractivity contribution is 0.0950. The Labute approximate surface area is 177 Å². The minimum absolute atomic E-state index is 0.165. The number of carbonyl (C=O) groups is 1. The van der Waals surface area contributed by atoms with Gasteiger partial charge in [-0.05, 0) is 44.7 Å². The molecule has 3 heterocycles. The van der Waals surface area contributed by atoms with Gasteiger partial charge in [-0.15, -0.1) is 0 Å². The number of pyridine rings is 1. The molecule has 154 valence electrons. The zero-order chi connectivity index (χ0) is 20.9. The van der Waals surface area contributed by atoms with Gasteiger partial charge in [0.1, 0.15) is 11.4 Å². The standard InChI is InChI=1S/C24H27N5O/c1-17-8-10-20(11-9-17)22-26-16-21(23(28-22)29-13-4-3-6-18(29)2)24(30)27-15-19-7-5-12-25-14-19/h5,7-12,14,16,18H,3-4,6,13,15H2,1-2H3,(H,27,30)/t18-/m0/s1. The van der Waals surface area contributed by atoms with Crippen molar-refractivity contribution in [2.24, 2.45) is 0 Å². The van der Waals surface area contributed by atoms with E-state index in [0.29, 0.717) is 24.0 Å². The second-order valence-electron chi connectivity index (χ2n) is 7.88. The summed E-state index contributed by atoms with van der Waals surface area (Å²) in [5.74, 6) is 1.20. The van der Waals surface area contributed by atoms with Crippen molar-refractivity contribution in [2.45, 2.75) is 45.7 Å². The minimum Gasteiger partial charge on any atom is -0.353 e. The van der Waals surface area contributed by atoms with Gasteiger partial charge in [0.2, 0.25) is 0 Å². The van der Waals surface area contributed by atoms with Gasteiger partial charge in [0.25, 0.3) is 5.91 Å². The first-order valence-electron chi connectivity index (χ1n) is 10.5. The van der Waals surface area contributed by atoms with Gasteiger partial charge in [-0.2, -0.15) is 0 Å². The first kappa shape index (κ1) is 20.0. The van der Waals surface area contributed by atoms with Gasteiger partial charge in [-0.1, -0.05) is 35.9 Å². The predicted octanol–water partition coefficient (Wildman–Crippen LogP) is 4.16. The lowest BCUT2D eigenvalue weighted by Crippen LogP contribution is -2.40. The fourth-order valence-corrected chi connectivity index (χ4v) is 3.79. The number of rotatable bonds is 5. The maximum absolute atomic E-state index is 13.0. The highest BCUT2D eigenvalue weighted by Crippen LogP contribution is 2.28. The lowest BCUT2D eigenvalue weighted by atomic mass is 10.0. The van der Waals surface area contributed by atoms with Crippen molar-refractivity contribution in [1.29, 1.82) is 0 Å². The molecule has 0 aliphatic carbocycles. The summed E-state index contributed by atoms with van der Waals surface area (Å²) in [7, 11) is 0. The smallest absolute Gasteiger partial charge is 0.256 e. The topological polar surface area (TPSA) is 71.0 Å². The highest BCUT2D eigenvalue weighted by molar-refractivity contribution is 5.99. The summed E-state index contributed by atoms with van der Waals surface area (Å²) in [4.78, 5) is 28.8. The largest absolute Gasteiger partial charge is 0.353 e. The highest BCUT2D eigenvalue weighted by atomic mass is 16.1. The van der Waals surface area contributed by atoms with E-state index in [9.17, 15) is 4.79 Å². The molecule has 2 aromatic heterocycles. The molecule has 6 heteroatoms. The van der Waals surface area contributed by atoms with Crippen LogP contribution >= 0.6 is 0 Å². The van der Waals surface area contributed by atoms with Crippen LogP contribution in [0.5, 0.6) is 0 Å². The number of hydrogen-bond donors (Lipinski definition) is 1. The predicted molar refractivity (Wildman–Crippen MR) is 118 cm³/mol. The number of aryl methyl sites for hydroxylation is 1. The zero-order valence-corrected chi connectivity index (χ0v) is 17.5. The van der Waals surface area contributed by atoms with E-state index < -0.39 is 0 Å². The van der Waals surface area contributed by atoms with Crippen LogP contribution in [0.2, 0.25) is 0 Å². The number of anilines is 1. The molecule has 1 atom stereocenters. The number of nitrogens with one attached hydrogen (secondary N) is 1. The Morgan fingerprint density at radius 2 is 2.00 bits per heavy atom. The molecule has 0 radical (unpaired) electrons. The molecule has 1 saturated heterocycles. The molecule has 6 nitrogen and oxygen atoms in total. The number of piperidine rings is 1. The van der Waals surface area contributed by atoms with Crippen LogP contribution in [0.1, 0.15) is 47.7 Å². The van der Waals surface area contributed by atoms with Crippen LogP contribution in [0.15, 0.2) is 55.0 Å². The number of carbonyl (C=O) groups excluding carboxylic acids is 1.